The summed E-state index contributed by atoms with van der Waals surface area (Å²) in [6.07, 6.45) is 1.28. The zero-order valence-electron chi connectivity index (χ0n) is 39.3. The van der Waals surface area contributed by atoms with Gasteiger partial charge in [0.2, 0.25) is 0 Å². The topological polar surface area (TPSA) is 231 Å². The van der Waals surface area contributed by atoms with Gasteiger partial charge < -0.3 is 98.2 Å². The van der Waals surface area contributed by atoms with Crippen LogP contribution in [0.15, 0.2) is 13.5 Å². The fourth-order valence-corrected chi connectivity index (χ4v) is 14.3. The highest BCUT2D eigenvalue weighted by Gasteiger charge is 2.43. The molecule has 0 aromatic heterocycles. The summed E-state index contributed by atoms with van der Waals surface area (Å²) >= 11 is 0. The van der Waals surface area contributed by atoms with Crippen LogP contribution < -0.4 is 0 Å². The zero-order chi connectivity index (χ0) is 46.5. The van der Waals surface area contributed by atoms with E-state index < -0.39 is 23.0 Å². The summed E-state index contributed by atoms with van der Waals surface area (Å²) < 4.78 is 138. The lowest BCUT2D eigenvalue weighted by Gasteiger charge is -2.33. The van der Waals surface area contributed by atoms with Crippen molar-refractivity contribution in [2.24, 2.45) is 13.5 Å². The van der Waals surface area contributed by atoms with Crippen LogP contribution in [0.1, 0.15) is 12.8 Å². The molecule has 2 heterocycles. The number of ether oxygens (including phenoxy) is 15. The first-order valence-electron chi connectivity index (χ1n) is 22.2. The maximum Gasteiger partial charge on any atom is 0.349 e. The van der Waals surface area contributed by atoms with Gasteiger partial charge in [0.15, 0.2) is 0 Å². The Bertz CT molecular complexity index is 1180. The summed E-state index contributed by atoms with van der Waals surface area (Å²) in [5.41, 5.74) is 0. The molecular formula is C38H80N3O21P3. The third kappa shape index (κ3) is 33.1. The van der Waals surface area contributed by atoms with Crippen LogP contribution in [0.25, 0.3) is 0 Å². The molecule has 2 bridgehead atoms. The van der Waals surface area contributed by atoms with Crippen molar-refractivity contribution in [1.82, 2.24) is 0 Å². The van der Waals surface area contributed by atoms with E-state index >= 15 is 0 Å². The van der Waals surface area contributed by atoms with Crippen molar-refractivity contribution in [3.8, 4) is 0 Å². The van der Waals surface area contributed by atoms with Crippen LogP contribution >= 0.6 is 23.0 Å². The molecule has 0 spiro atoms. The lowest BCUT2D eigenvalue weighted by molar-refractivity contribution is 0.00650. The highest BCUT2D eigenvalue weighted by atomic mass is 31.3. The minimum Gasteiger partial charge on any atom is -0.382 e. The van der Waals surface area contributed by atoms with Gasteiger partial charge >= 0.3 is 23.0 Å². The highest BCUT2D eigenvalue weighted by Crippen LogP contribution is 2.80. The van der Waals surface area contributed by atoms with E-state index in [1.807, 2.05) is 0 Å². The summed E-state index contributed by atoms with van der Waals surface area (Å²) in [6, 6.07) is 0. The second kappa shape index (κ2) is 43.8. The van der Waals surface area contributed by atoms with Gasteiger partial charge in [-0.2, -0.15) is 0 Å². The molecule has 0 N–H and O–H groups in total. The van der Waals surface area contributed by atoms with Crippen LogP contribution in [0.3, 0.4) is 0 Å². The SMILES string of the molecule is COCCOCCOCCOP12=NP(OCCOCCOCCOC)(=NP(OCCOCCOCCOC)(OCCOCCOCCOC)=N1)OCCOCCOCCOCCCCO2. The van der Waals surface area contributed by atoms with E-state index in [0.29, 0.717) is 152 Å². The standard InChI is InChI=1S/C38H80N3O21P3/c1-42-9-13-47-19-24-52-29-34-58-63-39-64(59-35-30-53-25-20-48-14-10-43-2,60-36-31-54-26-21-49-15-11-44-3)41-65(40-63,61-37-32-55-27-22-50-16-12-45-4)62-38-33-56-28-23-51-18-17-46-7-5-6-8-57-63/h5-38H2,1-4H3. The fraction of sp³-hybridized carbons (Fsp3) is 1.00. The maximum atomic E-state index is 6.62. The molecule has 24 nitrogen and oxygen atoms in total. The Hall–Kier alpha value is -0.150. The first-order valence-corrected chi connectivity index (χ1v) is 26.8. The summed E-state index contributed by atoms with van der Waals surface area (Å²) in [6.45, 7) is 9.78. The van der Waals surface area contributed by atoms with E-state index in [1.165, 1.54) is 0 Å². The molecule has 27 heteroatoms. The molecule has 0 fully saturated rings. The van der Waals surface area contributed by atoms with Gasteiger partial charge in [-0.3, -0.25) is 0 Å². The summed E-state index contributed by atoms with van der Waals surface area (Å²) in [7, 11) is -4.81. The van der Waals surface area contributed by atoms with Gasteiger partial charge in [-0.25, -0.2) is 0 Å². The minimum absolute atomic E-state index is 0.0197. The Labute approximate surface area is 386 Å². The minimum atomic E-state index is -3.78. The van der Waals surface area contributed by atoms with Crippen molar-refractivity contribution < 1.29 is 98.2 Å². The lowest BCUT2D eigenvalue weighted by Crippen LogP contribution is -2.15. The molecule has 0 amide bonds. The van der Waals surface area contributed by atoms with Crippen LogP contribution in [0, 0.1) is 0 Å². The largest absolute Gasteiger partial charge is 0.382 e. The molecule has 2 aliphatic rings. The second-order valence-corrected chi connectivity index (χ2v) is 19.8. The molecule has 0 radical (unpaired) electrons. The van der Waals surface area contributed by atoms with Crippen molar-refractivity contribution >= 4 is 23.0 Å². The van der Waals surface area contributed by atoms with Crippen LogP contribution in [0.4, 0.5) is 0 Å². The van der Waals surface area contributed by atoms with E-state index in [9.17, 15) is 0 Å². The van der Waals surface area contributed by atoms with Crippen LogP contribution in [-0.2, 0) is 98.2 Å². The van der Waals surface area contributed by atoms with Crippen molar-refractivity contribution in [2.45, 2.75) is 12.8 Å². The first kappa shape index (κ1) is 61.0. The molecule has 2 atom stereocenters. The van der Waals surface area contributed by atoms with Gasteiger partial charge in [0, 0.05) is 35.0 Å². The zero-order valence-corrected chi connectivity index (χ0v) is 42.0. The van der Waals surface area contributed by atoms with Crippen molar-refractivity contribution in [1.29, 1.82) is 0 Å². The summed E-state index contributed by atoms with van der Waals surface area (Å²) in [5, 5.41) is 0. The van der Waals surface area contributed by atoms with E-state index in [1.54, 1.807) is 28.4 Å². The molecule has 388 valence electrons. The Morgan fingerprint density at radius 2 is 0.585 bits per heavy atom. The predicted octanol–water partition coefficient (Wildman–Crippen LogP) is 4.50. The number of methoxy groups -OCH3 is 4. The Kier molecular flexibility index (Phi) is 41.1. The second-order valence-electron chi connectivity index (χ2n) is 13.2. The Balaban J connectivity index is 2.52. The molecular weight excluding hydrogens is 927 g/mol. The monoisotopic (exact) mass is 1010 g/mol. The third-order valence-electron chi connectivity index (χ3n) is 8.02. The number of hydrogen-bond donors (Lipinski definition) is 0. The van der Waals surface area contributed by atoms with E-state index in [4.69, 9.17) is 112 Å². The van der Waals surface area contributed by atoms with Crippen LogP contribution in [0.5, 0.6) is 0 Å². The van der Waals surface area contributed by atoms with Gasteiger partial charge in [-0.1, -0.05) is 0 Å². The van der Waals surface area contributed by atoms with Gasteiger partial charge in [0.05, 0.1) is 205 Å². The van der Waals surface area contributed by atoms with Crippen molar-refractivity contribution in [3.63, 3.8) is 0 Å². The quantitative estimate of drug-likeness (QED) is 0.0608. The molecule has 0 aromatic carbocycles. The average molecular weight is 1010 g/mol. The van der Waals surface area contributed by atoms with E-state index in [2.05, 4.69) is 0 Å². The van der Waals surface area contributed by atoms with E-state index in [0.717, 1.165) is 0 Å². The number of hydrogen-bond acceptors (Lipinski definition) is 24. The molecule has 2 unspecified atom stereocenters. The third-order valence-corrected chi connectivity index (χ3v) is 16.6. The van der Waals surface area contributed by atoms with Crippen molar-refractivity contribution in [3.05, 3.63) is 0 Å². The summed E-state index contributed by atoms with van der Waals surface area (Å²) in [4.78, 5) is 0. The van der Waals surface area contributed by atoms with Gasteiger partial charge in [-0.15, -0.1) is 13.5 Å². The fourth-order valence-electron chi connectivity index (χ4n) is 4.87. The van der Waals surface area contributed by atoms with Gasteiger partial charge in [-0.05, 0) is 12.8 Å². The Morgan fingerprint density at radius 3 is 0.985 bits per heavy atom. The summed E-state index contributed by atoms with van der Waals surface area (Å²) in [5.74, 6) is 0. The molecule has 2 rings (SSSR count). The normalized spacial score (nSPS) is 21.2. The van der Waals surface area contributed by atoms with Gasteiger partial charge in [0.1, 0.15) is 0 Å². The van der Waals surface area contributed by atoms with Crippen LogP contribution in [0.2, 0.25) is 0 Å². The smallest absolute Gasteiger partial charge is 0.349 e. The molecule has 65 heavy (non-hydrogen) atoms. The first-order chi connectivity index (χ1) is 32.1. The predicted molar refractivity (Wildman–Crippen MR) is 240 cm³/mol. The Morgan fingerprint density at radius 1 is 0.292 bits per heavy atom. The van der Waals surface area contributed by atoms with Crippen molar-refractivity contribution in [2.75, 3.05) is 240 Å². The number of fused-ring (bicyclic) bond motifs is 1. The molecule has 0 aromatic rings. The lowest BCUT2D eigenvalue weighted by atomic mass is 10.3. The molecule has 0 saturated heterocycles. The van der Waals surface area contributed by atoms with Crippen LogP contribution in [-0.4, -0.2) is 240 Å². The number of rotatable bonds is 40. The molecule has 0 saturated carbocycles. The highest BCUT2D eigenvalue weighted by molar-refractivity contribution is 7.78. The van der Waals surface area contributed by atoms with E-state index in [-0.39, 0.29) is 72.7 Å². The van der Waals surface area contributed by atoms with Gasteiger partial charge in [0.25, 0.3) is 0 Å². The maximum absolute atomic E-state index is 6.62. The number of nitrogens with zero attached hydrogens (tertiary/aromatic N) is 3. The molecule has 2 aliphatic heterocycles. The average Bonchev–Trinajstić information content (AvgIpc) is 3.30. The molecule has 0 aliphatic carbocycles.